The maximum Gasteiger partial charge on any atom is 0.258 e. The number of nitrogens with zero attached hydrogens (tertiary/aromatic N) is 2. The van der Waals surface area contributed by atoms with Crippen molar-refractivity contribution in [1.29, 1.82) is 0 Å². The second-order valence-electron chi connectivity index (χ2n) is 5.48. The van der Waals surface area contributed by atoms with Crippen molar-refractivity contribution in [3.8, 4) is 0 Å². The molecule has 1 heterocycles. The van der Waals surface area contributed by atoms with Crippen molar-refractivity contribution in [2.45, 2.75) is 18.7 Å². The van der Waals surface area contributed by atoms with Crippen molar-refractivity contribution < 1.29 is 4.79 Å². The summed E-state index contributed by atoms with van der Waals surface area (Å²) in [5.41, 5.74) is 3.59. The molecular weight excluding hydrogens is 324 g/mol. The molecule has 23 heavy (non-hydrogen) atoms. The van der Waals surface area contributed by atoms with Gasteiger partial charge in [-0.15, -0.1) is 11.8 Å². The molecule has 0 atom stereocenters. The smallest absolute Gasteiger partial charge is 0.258 e. The second-order valence-corrected chi connectivity index (χ2v) is 7.51. The number of benzene rings is 2. The number of fused-ring (bicyclic) bond motifs is 1. The van der Waals surface area contributed by atoms with E-state index in [1.165, 1.54) is 27.6 Å². The number of rotatable bonds is 3. The van der Waals surface area contributed by atoms with E-state index in [4.69, 9.17) is 0 Å². The maximum absolute atomic E-state index is 12.2. The van der Waals surface area contributed by atoms with Crippen LogP contribution in [0.4, 0.5) is 0 Å². The van der Waals surface area contributed by atoms with Gasteiger partial charge in [0, 0.05) is 11.9 Å². The Morgan fingerprint density at radius 3 is 2.70 bits per heavy atom. The van der Waals surface area contributed by atoms with Crippen molar-refractivity contribution in [3.63, 3.8) is 0 Å². The Labute approximate surface area is 143 Å². The molecule has 2 aromatic carbocycles. The van der Waals surface area contributed by atoms with Crippen molar-refractivity contribution in [2.24, 2.45) is 12.0 Å². The fourth-order valence-corrected chi connectivity index (χ4v) is 4.27. The molecule has 0 bridgehead atoms. The van der Waals surface area contributed by atoms with E-state index in [-0.39, 0.29) is 5.91 Å². The van der Waals surface area contributed by atoms with Gasteiger partial charge in [0.1, 0.15) is 0 Å². The number of aromatic nitrogens is 1. The third-order valence-corrected chi connectivity index (χ3v) is 5.85. The normalized spacial score (nSPS) is 12.0. The summed E-state index contributed by atoms with van der Waals surface area (Å²) >= 11 is 3.09. The molecule has 118 valence electrons. The van der Waals surface area contributed by atoms with Crippen LogP contribution in [0.3, 0.4) is 0 Å². The van der Waals surface area contributed by atoms with E-state index in [1.54, 1.807) is 11.3 Å². The number of carbonyl (C=O) groups is 1. The Morgan fingerprint density at radius 1 is 1.22 bits per heavy atom. The molecule has 0 unspecified atom stereocenters. The van der Waals surface area contributed by atoms with Crippen LogP contribution in [-0.4, -0.2) is 16.2 Å². The average molecular weight is 342 g/mol. The fraction of sp³-hybridized carbons (Fsp3) is 0.222. The van der Waals surface area contributed by atoms with Crippen LogP contribution in [0.5, 0.6) is 0 Å². The lowest BCUT2D eigenvalue weighted by atomic mass is 10.1. The van der Waals surface area contributed by atoms with Gasteiger partial charge < -0.3 is 4.57 Å². The first kappa shape index (κ1) is 16.0. The molecule has 3 nitrogen and oxygen atoms in total. The zero-order valence-corrected chi connectivity index (χ0v) is 15.0. The fourth-order valence-electron chi connectivity index (χ4n) is 2.48. The molecule has 1 amide bonds. The quantitative estimate of drug-likeness (QED) is 0.672. The van der Waals surface area contributed by atoms with Crippen LogP contribution in [0.25, 0.3) is 10.2 Å². The molecule has 0 spiro atoms. The number of carbonyl (C=O) groups excluding carboxylic acids is 1. The number of thioether (sulfide) groups is 1. The molecule has 0 fully saturated rings. The molecular formula is C18H18N2OS2. The minimum Gasteiger partial charge on any atom is -0.319 e. The predicted octanol–water partition coefficient (Wildman–Crippen LogP) is 4.08. The maximum atomic E-state index is 12.2. The van der Waals surface area contributed by atoms with Gasteiger partial charge in [-0.3, -0.25) is 4.79 Å². The van der Waals surface area contributed by atoms with Gasteiger partial charge in [0.25, 0.3) is 5.91 Å². The van der Waals surface area contributed by atoms with E-state index in [0.717, 1.165) is 15.2 Å². The summed E-state index contributed by atoms with van der Waals surface area (Å²) in [5, 5.41) is 0. The van der Waals surface area contributed by atoms with Gasteiger partial charge >= 0.3 is 0 Å². The average Bonchev–Trinajstić information content (AvgIpc) is 2.84. The third-order valence-electron chi connectivity index (χ3n) is 3.57. The highest BCUT2D eigenvalue weighted by molar-refractivity contribution is 8.00. The Morgan fingerprint density at radius 2 is 1.96 bits per heavy atom. The van der Waals surface area contributed by atoms with Crippen molar-refractivity contribution in [2.75, 3.05) is 5.75 Å². The van der Waals surface area contributed by atoms with Crippen molar-refractivity contribution in [3.05, 3.63) is 58.4 Å². The first-order valence-corrected chi connectivity index (χ1v) is 9.17. The van der Waals surface area contributed by atoms with Gasteiger partial charge in [-0.2, -0.15) is 4.99 Å². The Kier molecular flexibility index (Phi) is 4.68. The summed E-state index contributed by atoms with van der Waals surface area (Å²) in [4.78, 5) is 18.3. The first-order chi connectivity index (χ1) is 11.0. The van der Waals surface area contributed by atoms with Crippen LogP contribution in [0.2, 0.25) is 0 Å². The number of hydrogen-bond donors (Lipinski definition) is 0. The summed E-state index contributed by atoms with van der Waals surface area (Å²) in [6.45, 7) is 4.19. The number of hydrogen-bond acceptors (Lipinski definition) is 3. The van der Waals surface area contributed by atoms with Gasteiger partial charge in [-0.05, 0) is 43.2 Å². The lowest BCUT2D eigenvalue weighted by molar-refractivity contribution is -0.115. The van der Waals surface area contributed by atoms with E-state index < -0.39 is 0 Å². The summed E-state index contributed by atoms with van der Waals surface area (Å²) in [7, 11) is 1.97. The van der Waals surface area contributed by atoms with E-state index in [9.17, 15) is 4.79 Å². The van der Waals surface area contributed by atoms with Crippen LogP contribution in [0.15, 0.2) is 52.4 Å². The highest BCUT2D eigenvalue weighted by Crippen LogP contribution is 2.22. The Bertz CT molecular complexity index is 923. The van der Waals surface area contributed by atoms with Crippen molar-refractivity contribution >= 4 is 39.2 Å². The molecule has 0 aliphatic carbocycles. The molecule has 0 aliphatic rings. The summed E-state index contributed by atoms with van der Waals surface area (Å²) < 4.78 is 3.20. The highest BCUT2D eigenvalue weighted by atomic mass is 32.2. The molecule has 0 aliphatic heterocycles. The number of aryl methyl sites for hydroxylation is 3. The molecule has 3 aromatic rings. The van der Waals surface area contributed by atoms with E-state index >= 15 is 0 Å². The van der Waals surface area contributed by atoms with Crippen LogP contribution < -0.4 is 4.80 Å². The molecule has 0 radical (unpaired) electrons. The lowest BCUT2D eigenvalue weighted by Gasteiger charge is -2.00. The van der Waals surface area contributed by atoms with Gasteiger partial charge in [0.05, 0.1) is 16.0 Å². The minimum absolute atomic E-state index is 0.101. The lowest BCUT2D eigenvalue weighted by Crippen LogP contribution is -2.14. The second kappa shape index (κ2) is 6.72. The standard InChI is InChI=1S/C18H18N2OS2/c1-12-9-13(2)17-15(10-12)20(3)18(23-17)19-16(21)11-22-14-7-5-4-6-8-14/h4-10H,11H2,1-3H3. The molecule has 1 aromatic heterocycles. The summed E-state index contributed by atoms with van der Waals surface area (Å²) in [6, 6.07) is 14.2. The monoisotopic (exact) mass is 342 g/mol. The molecule has 0 N–H and O–H groups in total. The summed E-state index contributed by atoms with van der Waals surface area (Å²) in [6.07, 6.45) is 0. The Balaban J connectivity index is 1.87. The van der Waals surface area contributed by atoms with Gasteiger partial charge in [0.15, 0.2) is 4.80 Å². The largest absolute Gasteiger partial charge is 0.319 e. The van der Waals surface area contributed by atoms with Crippen LogP contribution in [-0.2, 0) is 11.8 Å². The molecule has 0 saturated heterocycles. The zero-order chi connectivity index (χ0) is 16.4. The van der Waals surface area contributed by atoms with Crippen LogP contribution in [0.1, 0.15) is 11.1 Å². The topological polar surface area (TPSA) is 34.4 Å². The van der Waals surface area contributed by atoms with Gasteiger partial charge in [-0.1, -0.05) is 35.6 Å². The number of thiazole rings is 1. The van der Waals surface area contributed by atoms with Gasteiger partial charge in [-0.25, -0.2) is 0 Å². The van der Waals surface area contributed by atoms with Gasteiger partial charge in [0.2, 0.25) is 0 Å². The highest BCUT2D eigenvalue weighted by Gasteiger charge is 2.08. The zero-order valence-electron chi connectivity index (χ0n) is 13.4. The van der Waals surface area contributed by atoms with E-state index in [1.807, 2.05) is 41.9 Å². The SMILES string of the molecule is Cc1cc(C)c2sc(=NC(=O)CSc3ccccc3)n(C)c2c1. The van der Waals surface area contributed by atoms with Crippen molar-refractivity contribution in [1.82, 2.24) is 4.57 Å². The van der Waals surface area contributed by atoms with E-state index in [2.05, 4.69) is 31.0 Å². The molecule has 5 heteroatoms. The Hall–Kier alpha value is -1.85. The third kappa shape index (κ3) is 3.57. The molecule has 0 saturated carbocycles. The van der Waals surface area contributed by atoms with E-state index in [0.29, 0.717) is 5.75 Å². The molecule has 3 rings (SSSR count). The summed E-state index contributed by atoms with van der Waals surface area (Å²) in [5.74, 6) is 0.256. The van der Waals surface area contributed by atoms with Crippen LogP contribution >= 0.6 is 23.1 Å². The minimum atomic E-state index is -0.101. The first-order valence-electron chi connectivity index (χ1n) is 7.37. The predicted molar refractivity (Wildman–Crippen MR) is 98.0 cm³/mol. The number of amides is 1. The van der Waals surface area contributed by atoms with Crippen LogP contribution in [0, 0.1) is 13.8 Å².